The number of rotatable bonds is 4. The lowest BCUT2D eigenvalue weighted by molar-refractivity contribution is -0.402. The van der Waals surface area contributed by atoms with Gasteiger partial charge in [0.15, 0.2) is 5.11 Å². The molecule has 1 amide bonds. The minimum Gasteiger partial charge on any atom is -0.401 e. The van der Waals surface area contributed by atoms with Gasteiger partial charge in [0.1, 0.15) is 16.5 Å². The number of nitrogens with one attached hydrogen (secondary N) is 3. The molecule has 3 N–H and O–H groups in total. The Morgan fingerprint density at radius 2 is 2.00 bits per heavy atom. The number of thiocarbonyl (C=S) groups is 1. The SMILES string of the molecule is O=C(/C=C/c1ccc([N+](=O)[O-])o1)NNC(=S)Nc1ccccc1F. The van der Waals surface area contributed by atoms with Crippen molar-refractivity contribution in [3.05, 3.63) is 64.2 Å². The van der Waals surface area contributed by atoms with E-state index >= 15 is 0 Å². The zero-order valence-electron chi connectivity index (χ0n) is 12.0. The molecule has 10 heteroatoms. The van der Waals surface area contributed by atoms with E-state index in [9.17, 15) is 19.3 Å². The van der Waals surface area contributed by atoms with Crippen LogP contribution in [0.5, 0.6) is 0 Å². The number of hydrogen-bond donors (Lipinski definition) is 3. The first-order chi connectivity index (χ1) is 11.5. The number of nitrogens with zero attached hydrogens (tertiary/aromatic N) is 1. The number of hydrogen-bond acceptors (Lipinski definition) is 5. The topological polar surface area (TPSA) is 109 Å². The third kappa shape index (κ3) is 4.88. The van der Waals surface area contributed by atoms with Crippen LogP contribution in [-0.2, 0) is 4.79 Å². The van der Waals surface area contributed by atoms with Gasteiger partial charge in [-0.1, -0.05) is 12.1 Å². The lowest BCUT2D eigenvalue weighted by Gasteiger charge is -2.10. The highest BCUT2D eigenvalue weighted by molar-refractivity contribution is 7.80. The number of benzene rings is 1. The maximum absolute atomic E-state index is 13.4. The van der Waals surface area contributed by atoms with E-state index in [-0.39, 0.29) is 16.6 Å². The lowest BCUT2D eigenvalue weighted by atomic mass is 10.3. The van der Waals surface area contributed by atoms with Crippen LogP contribution in [0.3, 0.4) is 0 Å². The van der Waals surface area contributed by atoms with Crippen LogP contribution < -0.4 is 16.2 Å². The van der Waals surface area contributed by atoms with Crippen LogP contribution >= 0.6 is 12.2 Å². The molecule has 0 aliphatic carbocycles. The zero-order valence-corrected chi connectivity index (χ0v) is 12.8. The number of para-hydroxylation sites is 1. The highest BCUT2D eigenvalue weighted by Gasteiger charge is 2.10. The molecule has 2 aromatic rings. The van der Waals surface area contributed by atoms with E-state index in [2.05, 4.69) is 16.2 Å². The van der Waals surface area contributed by atoms with E-state index in [1.165, 1.54) is 36.4 Å². The molecule has 0 unspecified atom stereocenters. The smallest absolute Gasteiger partial charge is 0.401 e. The molecule has 0 aliphatic rings. The molecular formula is C14H11FN4O4S. The Kier molecular flexibility index (Phi) is 5.58. The molecule has 1 aromatic carbocycles. The fourth-order valence-electron chi connectivity index (χ4n) is 1.56. The summed E-state index contributed by atoms with van der Waals surface area (Å²) in [4.78, 5) is 21.3. The first-order valence-electron chi connectivity index (χ1n) is 6.49. The van der Waals surface area contributed by atoms with Crippen molar-refractivity contribution in [2.45, 2.75) is 0 Å². The van der Waals surface area contributed by atoms with Crippen molar-refractivity contribution in [2.75, 3.05) is 5.32 Å². The number of furan rings is 1. The van der Waals surface area contributed by atoms with Gasteiger partial charge in [-0.3, -0.25) is 25.8 Å². The summed E-state index contributed by atoms with van der Waals surface area (Å²) >= 11 is 4.90. The molecule has 1 heterocycles. The van der Waals surface area contributed by atoms with Crippen molar-refractivity contribution < 1.29 is 18.5 Å². The van der Waals surface area contributed by atoms with Crippen LogP contribution in [0, 0.1) is 15.9 Å². The van der Waals surface area contributed by atoms with Crippen LogP contribution in [-0.4, -0.2) is 15.9 Å². The Bertz CT molecular complexity index is 806. The van der Waals surface area contributed by atoms with Gasteiger partial charge in [0.25, 0.3) is 5.91 Å². The van der Waals surface area contributed by atoms with Crippen molar-refractivity contribution in [3.63, 3.8) is 0 Å². The van der Waals surface area contributed by atoms with Crippen LogP contribution in [0.2, 0.25) is 0 Å². The Labute approximate surface area is 140 Å². The number of hydrazine groups is 1. The van der Waals surface area contributed by atoms with Crippen LogP contribution in [0.25, 0.3) is 6.08 Å². The van der Waals surface area contributed by atoms with Crippen molar-refractivity contribution in [2.24, 2.45) is 0 Å². The molecule has 0 bridgehead atoms. The van der Waals surface area contributed by atoms with Crippen molar-refractivity contribution in [1.82, 2.24) is 10.9 Å². The van der Waals surface area contributed by atoms with Gasteiger partial charge >= 0.3 is 5.88 Å². The summed E-state index contributed by atoms with van der Waals surface area (Å²) in [6, 6.07) is 8.41. The van der Waals surface area contributed by atoms with E-state index in [0.717, 1.165) is 6.08 Å². The Morgan fingerprint density at radius 3 is 2.67 bits per heavy atom. The molecule has 8 nitrogen and oxygen atoms in total. The molecule has 0 saturated carbocycles. The van der Waals surface area contributed by atoms with Crippen molar-refractivity contribution in [3.8, 4) is 0 Å². The minimum atomic E-state index is -0.689. The summed E-state index contributed by atoms with van der Waals surface area (Å²) in [6.07, 6.45) is 2.33. The highest BCUT2D eigenvalue weighted by atomic mass is 32.1. The molecule has 0 saturated heterocycles. The second kappa shape index (κ2) is 7.83. The van der Waals surface area contributed by atoms with Gasteiger partial charge in [0.2, 0.25) is 0 Å². The summed E-state index contributed by atoms with van der Waals surface area (Å²) < 4.78 is 18.3. The first kappa shape index (κ1) is 17.1. The number of amides is 1. The number of halogens is 1. The molecule has 0 aliphatic heterocycles. The second-order valence-electron chi connectivity index (χ2n) is 4.31. The largest absolute Gasteiger partial charge is 0.433 e. The van der Waals surface area contributed by atoms with E-state index in [0.29, 0.717) is 0 Å². The predicted molar refractivity (Wildman–Crippen MR) is 88.3 cm³/mol. The van der Waals surface area contributed by atoms with Crippen molar-refractivity contribution in [1.29, 1.82) is 0 Å². The Morgan fingerprint density at radius 1 is 1.25 bits per heavy atom. The molecule has 1 aromatic heterocycles. The third-order valence-corrected chi connectivity index (χ3v) is 2.82. The normalized spacial score (nSPS) is 10.4. The highest BCUT2D eigenvalue weighted by Crippen LogP contribution is 2.16. The average Bonchev–Trinajstić information content (AvgIpc) is 3.02. The van der Waals surface area contributed by atoms with Crippen LogP contribution in [0.1, 0.15) is 5.76 Å². The summed E-state index contributed by atoms with van der Waals surface area (Å²) in [5.41, 5.74) is 4.78. The molecular weight excluding hydrogens is 339 g/mol. The maximum Gasteiger partial charge on any atom is 0.433 e. The van der Waals surface area contributed by atoms with E-state index in [1.807, 2.05) is 0 Å². The summed E-state index contributed by atoms with van der Waals surface area (Å²) in [7, 11) is 0. The van der Waals surface area contributed by atoms with E-state index in [4.69, 9.17) is 16.6 Å². The molecule has 2 rings (SSSR count). The van der Waals surface area contributed by atoms with Gasteiger partial charge in [0.05, 0.1) is 11.8 Å². The average molecular weight is 350 g/mol. The van der Waals surface area contributed by atoms with Gasteiger partial charge in [-0.05, 0) is 36.5 Å². The molecule has 0 spiro atoms. The van der Waals surface area contributed by atoms with E-state index in [1.54, 1.807) is 6.07 Å². The summed E-state index contributed by atoms with van der Waals surface area (Å²) in [6.45, 7) is 0. The lowest BCUT2D eigenvalue weighted by Crippen LogP contribution is -2.43. The maximum atomic E-state index is 13.4. The van der Waals surface area contributed by atoms with Gasteiger partial charge in [-0.2, -0.15) is 0 Å². The Hall–Kier alpha value is -3.27. The third-order valence-electron chi connectivity index (χ3n) is 2.61. The van der Waals surface area contributed by atoms with Gasteiger partial charge in [0, 0.05) is 6.08 Å². The predicted octanol–water partition coefficient (Wildman–Crippen LogP) is 2.36. The zero-order chi connectivity index (χ0) is 17.5. The summed E-state index contributed by atoms with van der Waals surface area (Å²) in [5, 5.41) is 13.0. The van der Waals surface area contributed by atoms with E-state index < -0.39 is 22.5 Å². The molecule has 0 fully saturated rings. The minimum absolute atomic E-state index is 0.0181. The monoisotopic (exact) mass is 350 g/mol. The molecule has 124 valence electrons. The number of carbonyl (C=O) groups is 1. The number of nitro groups is 1. The molecule has 24 heavy (non-hydrogen) atoms. The second-order valence-corrected chi connectivity index (χ2v) is 4.72. The molecule has 0 radical (unpaired) electrons. The first-order valence-corrected chi connectivity index (χ1v) is 6.90. The number of carbonyl (C=O) groups excluding carboxylic acids is 1. The standard InChI is InChI=1S/C14H11FN4O4S/c15-10-3-1-2-4-11(10)16-14(24)18-17-12(20)7-5-9-6-8-13(23-9)19(21)22/h1-8H,(H,17,20)(H2,16,18,24)/b7-5+. The Balaban J connectivity index is 1.82. The van der Waals surface area contributed by atoms with Crippen molar-refractivity contribution >= 4 is 40.9 Å². The fourth-order valence-corrected chi connectivity index (χ4v) is 1.72. The number of anilines is 1. The molecule has 0 atom stereocenters. The summed E-state index contributed by atoms with van der Waals surface area (Å²) in [5.74, 6) is -1.37. The van der Waals surface area contributed by atoms with Crippen LogP contribution in [0.15, 0.2) is 46.9 Å². The van der Waals surface area contributed by atoms with Gasteiger partial charge < -0.3 is 9.73 Å². The van der Waals surface area contributed by atoms with Gasteiger partial charge in [-0.15, -0.1) is 0 Å². The van der Waals surface area contributed by atoms with Crippen LogP contribution in [0.4, 0.5) is 16.0 Å². The quantitative estimate of drug-likeness (QED) is 0.336. The fraction of sp³-hybridized carbons (Fsp3) is 0. The van der Waals surface area contributed by atoms with Gasteiger partial charge in [-0.25, -0.2) is 4.39 Å².